The Hall–Kier alpha value is -2.43. The number of hydrogen-bond acceptors (Lipinski definition) is 6. The van der Waals surface area contributed by atoms with Gasteiger partial charge in [-0.15, -0.1) is 0 Å². The Kier molecular flexibility index (Phi) is 6.25. The van der Waals surface area contributed by atoms with E-state index >= 15 is 0 Å². The van der Waals surface area contributed by atoms with Crippen LogP contribution in [0, 0.1) is 0 Å². The van der Waals surface area contributed by atoms with Gasteiger partial charge >= 0.3 is 5.69 Å². The summed E-state index contributed by atoms with van der Waals surface area (Å²) in [5.74, 6) is 0.725. The van der Waals surface area contributed by atoms with Gasteiger partial charge in [-0.2, -0.15) is 0 Å². The number of methoxy groups -OCH3 is 1. The van der Waals surface area contributed by atoms with Crippen LogP contribution in [0.15, 0.2) is 44.9 Å². The molecule has 0 bridgehead atoms. The summed E-state index contributed by atoms with van der Waals surface area (Å²) < 4.78 is 35.3. The lowest BCUT2D eigenvalue weighted by Crippen LogP contribution is -2.43. The summed E-state index contributed by atoms with van der Waals surface area (Å²) in [5.41, 5.74) is -0.464. The molecule has 10 heteroatoms. The fourth-order valence-electron chi connectivity index (χ4n) is 3.56. The Labute approximate surface area is 169 Å². The maximum absolute atomic E-state index is 12.8. The normalized spacial score (nSPS) is 16.1. The van der Waals surface area contributed by atoms with Gasteiger partial charge in [-0.1, -0.05) is 12.1 Å². The highest BCUT2D eigenvalue weighted by molar-refractivity contribution is 7.89. The van der Waals surface area contributed by atoms with Gasteiger partial charge in [-0.3, -0.25) is 14.3 Å². The van der Waals surface area contributed by atoms with Crippen LogP contribution in [0.2, 0.25) is 0 Å². The number of benzene rings is 1. The Bertz CT molecular complexity index is 1080. The molecule has 1 aromatic carbocycles. The molecule has 0 saturated carbocycles. The molecule has 1 unspecified atom stereocenters. The predicted molar refractivity (Wildman–Crippen MR) is 109 cm³/mol. The quantitative estimate of drug-likeness (QED) is 0.684. The first kappa shape index (κ1) is 21.3. The van der Waals surface area contributed by atoms with Crippen LogP contribution < -0.4 is 20.7 Å². The number of sulfonamides is 1. The summed E-state index contributed by atoms with van der Waals surface area (Å²) in [7, 11) is 0.165. The van der Waals surface area contributed by atoms with Crippen LogP contribution in [0.4, 0.5) is 0 Å². The van der Waals surface area contributed by atoms with Crippen LogP contribution in [0.25, 0.3) is 0 Å². The van der Waals surface area contributed by atoms with Gasteiger partial charge in [0.15, 0.2) is 4.90 Å². The number of nitrogens with one attached hydrogen (secondary N) is 1. The van der Waals surface area contributed by atoms with Crippen LogP contribution in [0.1, 0.15) is 24.4 Å². The first-order chi connectivity index (χ1) is 13.7. The number of likely N-dealkylation sites (tertiary alicyclic amines) is 1. The van der Waals surface area contributed by atoms with Gasteiger partial charge < -0.3 is 9.30 Å². The minimum Gasteiger partial charge on any atom is -0.497 e. The zero-order valence-electron chi connectivity index (χ0n) is 16.8. The molecule has 0 radical (unpaired) electrons. The summed E-state index contributed by atoms with van der Waals surface area (Å²) >= 11 is 0. The molecule has 29 heavy (non-hydrogen) atoms. The summed E-state index contributed by atoms with van der Waals surface area (Å²) in [6.07, 6.45) is 3.17. The zero-order chi connectivity index (χ0) is 21.2. The van der Waals surface area contributed by atoms with Gasteiger partial charge in [0, 0.05) is 32.9 Å². The number of aryl methyl sites for hydroxylation is 1. The smallest absolute Gasteiger partial charge is 0.330 e. The lowest BCUT2D eigenvalue weighted by atomic mass is 10.1. The molecule has 0 amide bonds. The van der Waals surface area contributed by atoms with E-state index in [-0.39, 0.29) is 12.6 Å². The Morgan fingerprint density at radius 2 is 1.72 bits per heavy atom. The number of aromatic nitrogens is 2. The SMILES string of the molecule is COc1ccc(C(CNS(=O)(=O)c2cn(C)c(=O)n(C)c2=O)N2CCCC2)cc1. The molecule has 3 rings (SSSR count). The van der Waals surface area contributed by atoms with E-state index in [9.17, 15) is 18.0 Å². The van der Waals surface area contributed by atoms with Crippen LogP contribution in [0.5, 0.6) is 5.75 Å². The summed E-state index contributed by atoms with van der Waals surface area (Å²) in [5, 5.41) is 0. The molecule has 2 heterocycles. The molecule has 158 valence electrons. The van der Waals surface area contributed by atoms with Crippen molar-refractivity contribution in [3.8, 4) is 5.75 Å². The molecule has 1 atom stereocenters. The standard InChI is InChI=1S/C19H26N4O5S/c1-21-13-17(18(24)22(2)19(21)25)29(26,27)20-12-16(23-10-4-5-11-23)14-6-8-15(28-3)9-7-14/h6-9,13,16,20H,4-5,10-12H2,1-3H3. The predicted octanol–water partition coefficient (Wildman–Crippen LogP) is 0.208. The van der Waals surface area contributed by atoms with Gasteiger partial charge in [0.05, 0.1) is 7.11 Å². The molecular formula is C19H26N4O5S. The largest absolute Gasteiger partial charge is 0.497 e. The van der Waals surface area contributed by atoms with E-state index in [1.165, 1.54) is 14.1 Å². The molecular weight excluding hydrogens is 396 g/mol. The molecule has 2 aromatic rings. The van der Waals surface area contributed by atoms with Crippen molar-refractivity contribution in [3.63, 3.8) is 0 Å². The molecule has 1 aliphatic rings. The Morgan fingerprint density at radius 1 is 1.10 bits per heavy atom. The fraction of sp³-hybridized carbons (Fsp3) is 0.474. The van der Waals surface area contributed by atoms with Gasteiger partial charge in [-0.25, -0.2) is 17.9 Å². The Balaban J connectivity index is 1.88. The van der Waals surface area contributed by atoms with Crippen LogP contribution in [-0.4, -0.2) is 49.2 Å². The van der Waals surface area contributed by atoms with E-state index in [0.29, 0.717) is 0 Å². The zero-order valence-corrected chi connectivity index (χ0v) is 17.6. The van der Waals surface area contributed by atoms with E-state index in [1.54, 1.807) is 7.11 Å². The second-order valence-corrected chi connectivity index (χ2v) is 8.87. The van der Waals surface area contributed by atoms with E-state index in [1.807, 2.05) is 24.3 Å². The molecule has 0 spiro atoms. The minimum atomic E-state index is -4.09. The maximum atomic E-state index is 12.8. The van der Waals surface area contributed by atoms with Gasteiger partial charge in [-0.05, 0) is 43.6 Å². The van der Waals surface area contributed by atoms with Crippen molar-refractivity contribution < 1.29 is 13.2 Å². The van der Waals surface area contributed by atoms with Crippen molar-refractivity contribution in [2.45, 2.75) is 23.8 Å². The average molecular weight is 423 g/mol. The molecule has 1 saturated heterocycles. The lowest BCUT2D eigenvalue weighted by molar-refractivity contribution is 0.246. The van der Waals surface area contributed by atoms with Gasteiger partial charge in [0.2, 0.25) is 10.0 Å². The van der Waals surface area contributed by atoms with E-state index < -0.39 is 26.2 Å². The molecule has 1 fully saturated rings. The van der Waals surface area contributed by atoms with Gasteiger partial charge in [0.1, 0.15) is 5.75 Å². The van der Waals surface area contributed by atoms with Crippen LogP contribution in [0.3, 0.4) is 0 Å². The highest BCUT2D eigenvalue weighted by atomic mass is 32.2. The first-order valence-electron chi connectivity index (χ1n) is 9.39. The third-order valence-electron chi connectivity index (χ3n) is 5.25. The monoisotopic (exact) mass is 422 g/mol. The van der Waals surface area contributed by atoms with Crippen molar-refractivity contribution in [1.82, 2.24) is 18.8 Å². The second kappa shape index (κ2) is 8.52. The topological polar surface area (TPSA) is 103 Å². The number of nitrogens with zero attached hydrogens (tertiary/aromatic N) is 3. The average Bonchev–Trinajstić information content (AvgIpc) is 3.24. The highest BCUT2D eigenvalue weighted by Gasteiger charge is 2.27. The summed E-state index contributed by atoms with van der Waals surface area (Å²) in [6.45, 7) is 1.86. The molecule has 0 aliphatic carbocycles. The highest BCUT2D eigenvalue weighted by Crippen LogP contribution is 2.26. The fourth-order valence-corrected chi connectivity index (χ4v) is 4.76. The lowest BCUT2D eigenvalue weighted by Gasteiger charge is -2.28. The van der Waals surface area contributed by atoms with E-state index in [4.69, 9.17) is 4.74 Å². The number of hydrogen-bond donors (Lipinski definition) is 1. The van der Waals surface area contributed by atoms with Crippen molar-refractivity contribution in [1.29, 1.82) is 0 Å². The second-order valence-electron chi connectivity index (χ2n) is 7.13. The number of ether oxygens (including phenoxy) is 1. The van der Waals surface area contributed by atoms with Gasteiger partial charge in [0.25, 0.3) is 5.56 Å². The number of rotatable bonds is 7. The summed E-state index contributed by atoms with van der Waals surface area (Å²) in [6, 6.07) is 7.35. The van der Waals surface area contributed by atoms with E-state index in [0.717, 1.165) is 52.6 Å². The minimum absolute atomic E-state index is 0.112. The third-order valence-corrected chi connectivity index (χ3v) is 6.66. The van der Waals surface area contributed by atoms with Crippen molar-refractivity contribution >= 4 is 10.0 Å². The Morgan fingerprint density at radius 3 is 2.31 bits per heavy atom. The van der Waals surface area contributed by atoms with Crippen LogP contribution >= 0.6 is 0 Å². The maximum Gasteiger partial charge on any atom is 0.330 e. The van der Waals surface area contributed by atoms with E-state index in [2.05, 4.69) is 9.62 Å². The molecule has 9 nitrogen and oxygen atoms in total. The molecule has 1 aromatic heterocycles. The van der Waals surface area contributed by atoms with Crippen molar-refractivity contribution in [2.24, 2.45) is 14.1 Å². The molecule has 1 N–H and O–H groups in total. The first-order valence-corrected chi connectivity index (χ1v) is 10.9. The van der Waals surface area contributed by atoms with Crippen LogP contribution in [-0.2, 0) is 24.1 Å². The van der Waals surface area contributed by atoms with Crippen molar-refractivity contribution in [2.75, 3.05) is 26.7 Å². The third kappa shape index (κ3) is 4.44. The molecule has 1 aliphatic heterocycles. The summed E-state index contributed by atoms with van der Waals surface area (Å²) in [4.78, 5) is 26.0. The van der Waals surface area contributed by atoms with Crippen molar-refractivity contribution in [3.05, 3.63) is 56.9 Å².